The quantitative estimate of drug-likeness (QED) is 0.691. The zero-order valence-corrected chi connectivity index (χ0v) is 16.8. The topological polar surface area (TPSA) is 65.8 Å². The lowest BCUT2D eigenvalue weighted by molar-refractivity contribution is 0.168. The van der Waals surface area contributed by atoms with Gasteiger partial charge in [-0.05, 0) is 39.0 Å². The molecule has 0 unspecified atom stereocenters. The van der Waals surface area contributed by atoms with Gasteiger partial charge in [0.05, 0.1) is 6.04 Å². The molecule has 1 aliphatic heterocycles. The molecule has 2 amide bonds. The van der Waals surface area contributed by atoms with Gasteiger partial charge in [0.25, 0.3) is 0 Å². The number of hydrogen-bond donors (Lipinski definition) is 1. The number of anilines is 1. The number of piperazine rings is 1. The fourth-order valence-electron chi connectivity index (χ4n) is 3.98. The molecule has 3 aromatic heterocycles. The predicted octanol–water partition coefficient (Wildman–Crippen LogP) is 3.16. The van der Waals surface area contributed by atoms with Crippen molar-refractivity contribution >= 4 is 17.4 Å². The fraction of sp³-hybridized carbons (Fsp3) is 0.381. The van der Waals surface area contributed by atoms with Gasteiger partial charge in [0.1, 0.15) is 5.65 Å². The van der Waals surface area contributed by atoms with Crippen LogP contribution in [0, 0.1) is 12.9 Å². The molecule has 0 bridgehead atoms. The number of halogens is 1. The SMILES string of the molecule is Cc1cnc2cccc([C@@H](C)NC(=O)N3CCN(c4ccnc(F)c4)C[C@H]3C)n12. The number of pyridine rings is 2. The number of fused-ring (bicyclic) bond motifs is 1. The van der Waals surface area contributed by atoms with Gasteiger partial charge < -0.3 is 15.1 Å². The minimum absolute atomic E-state index is 0.00190. The molecule has 0 aliphatic carbocycles. The van der Waals surface area contributed by atoms with Crippen LogP contribution in [0.1, 0.15) is 31.3 Å². The van der Waals surface area contributed by atoms with Crippen LogP contribution in [0.2, 0.25) is 0 Å². The first-order valence-corrected chi connectivity index (χ1v) is 9.80. The lowest BCUT2D eigenvalue weighted by Gasteiger charge is -2.41. The monoisotopic (exact) mass is 396 g/mol. The predicted molar refractivity (Wildman–Crippen MR) is 109 cm³/mol. The first kappa shape index (κ1) is 19.2. The van der Waals surface area contributed by atoms with E-state index >= 15 is 0 Å². The molecule has 1 fully saturated rings. The number of rotatable bonds is 3. The lowest BCUT2D eigenvalue weighted by atomic mass is 10.1. The number of carbonyl (C=O) groups is 1. The maximum absolute atomic E-state index is 13.4. The molecule has 1 aliphatic rings. The van der Waals surface area contributed by atoms with Crippen molar-refractivity contribution in [2.75, 3.05) is 24.5 Å². The van der Waals surface area contributed by atoms with Crippen LogP contribution in [-0.2, 0) is 0 Å². The second-order valence-electron chi connectivity index (χ2n) is 7.54. The number of aromatic nitrogens is 3. The van der Waals surface area contributed by atoms with E-state index in [9.17, 15) is 9.18 Å². The van der Waals surface area contributed by atoms with Crippen molar-refractivity contribution in [1.82, 2.24) is 24.6 Å². The summed E-state index contributed by atoms with van der Waals surface area (Å²) in [5, 5.41) is 3.12. The third kappa shape index (κ3) is 3.74. The Morgan fingerprint density at radius 1 is 1.28 bits per heavy atom. The van der Waals surface area contributed by atoms with Crippen molar-refractivity contribution in [3.8, 4) is 0 Å². The van der Waals surface area contributed by atoms with Crippen molar-refractivity contribution in [2.45, 2.75) is 32.9 Å². The highest BCUT2D eigenvalue weighted by atomic mass is 19.1. The van der Waals surface area contributed by atoms with E-state index in [1.54, 1.807) is 6.07 Å². The molecule has 4 rings (SSSR count). The van der Waals surface area contributed by atoms with Crippen LogP contribution < -0.4 is 10.2 Å². The molecule has 3 aromatic rings. The minimum atomic E-state index is -0.492. The highest BCUT2D eigenvalue weighted by molar-refractivity contribution is 5.75. The molecule has 1 N–H and O–H groups in total. The number of imidazole rings is 1. The average Bonchev–Trinajstić information content (AvgIpc) is 3.09. The molecule has 1 saturated heterocycles. The van der Waals surface area contributed by atoms with E-state index in [4.69, 9.17) is 0 Å². The molecule has 2 atom stereocenters. The molecule has 4 heterocycles. The Hall–Kier alpha value is -3.16. The molecule has 0 saturated carbocycles. The minimum Gasteiger partial charge on any atom is -0.368 e. The number of amides is 2. The van der Waals surface area contributed by atoms with Gasteiger partial charge in [-0.15, -0.1) is 0 Å². The van der Waals surface area contributed by atoms with Crippen LogP contribution in [0.15, 0.2) is 42.7 Å². The molecular formula is C21H25FN6O. The van der Waals surface area contributed by atoms with Gasteiger partial charge in [-0.1, -0.05) is 6.07 Å². The summed E-state index contributed by atoms with van der Waals surface area (Å²) in [7, 11) is 0. The van der Waals surface area contributed by atoms with Crippen LogP contribution in [0.5, 0.6) is 0 Å². The fourth-order valence-corrected chi connectivity index (χ4v) is 3.98. The van der Waals surface area contributed by atoms with Crippen LogP contribution in [0.25, 0.3) is 5.65 Å². The summed E-state index contributed by atoms with van der Waals surface area (Å²) in [5.74, 6) is -0.492. The van der Waals surface area contributed by atoms with Gasteiger partial charge in [-0.25, -0.2) is 14.8 Å². The Kier molecular flexibility index (Phi) is 5.08. The van der Waals surface area contributed by atoms with Gasteiger partial charge >= 0.3 is 6.03 Å². The van der Waals surface area contributed by atoms with Crippen LogP contribution >= 0.6 is 0 Å². The zero-order valence-electron chi connectivity index (χ0n) is 16.8. The lowest BCUT2D eigenvalue weighted by Crippen LogP contribution is -2.57. The molecule has 29 heavy (non-hydrogen) atoms. The van der Waals surface area contributed by atoms with E-state index in [2.05, 4.69) is 24.6 Å². The number of aryl methyl sites for hydroxylation is 1. The number of carbonyl (C=O) groups excluding carboxylic acids is 1. The van der Waals surface area contributed by atoms with Crippen LogP contribution in [0.3, 0.4) is 0 Å². The maximum Gasteiger partial charge on any atom is 0.318 e. The Morgan fingerprint density at radius 3 is 2.86 bits per heavy atom. The Morgan fingerprint density at radius 2 is 2.10 bits per heavy atom. The standard InChI is InChI=1S/C21H25FN6O/c1-14-12-24-20-6-4-5-18(28(14)20)16(3)25-21(29)27-10-9-26(13-15(27)2)17-7-8-23-19(22)11-17/h4-8,11-12,15-16H,9-10,13H2,1-3H3,(H,25,29)/t15-,16-/m1/s1. The Bertz CT molecular complexity index is 1030. The number of nitrogens with zero attached hydrogens (tertiary/aromatic N) is 5. The van der Waals surface area contributed by atoms with E-state index in [1.165, 1.54) is 12.3 Å². The summed E-state index contributed by atoms with van der Waals surface area (Å²) in [6.45, 7) is 7.84. The Balaban J connectivity index is 1.44. The van der Waals surface area contributed by atoms with Crippen molar-refractivity contribution in [1.29, 1.82) is 0 Å². The van der Waals surface area contributed by atoms with Crippen molar-refractivity contribution in [2.24, 2.45) is 0 Å². The molecular weight excluding hydrogens is 371 g/mol. The first-order chi connectivity index (χ1) is 13.9. The first-order valence-electron chi connectivity index (χ1n) is 9.80. The zero-order chi connectivity index (χ0) is 20.5. The normalized spacial score (nSPS) is 18.1. The van der Waals surface area contributed by atoms with E-state index in [0.29, 0.717) is 19.6 Å². The van der Waals surface area contributed by atoms with Crippen molar-refractivity contribution < 1.29 is 9.18 Å². The van der Waals surface area contributed by atoms with Gasteiger partial charge in [-0.3, -0.25) is 4.40 Å². The third-order valence-electron chi connectivity index (χ3n) is 5.48. The van der Waals surface area contributed by atoms with E-state index in [-0.39, 0.29) is 18.1 Å². The van der Waals surface area contributed by atoms with E-state index in [0.717, 1.165) is 22.7 Å². The number of hydrogen-bond acceptors (Lipinski definition) is 4. The molecule has 7 nitrogen and oxygen atoms in total. The molecule has 0 spiro atoms. The summed E-state index contributed by atoms with van der Waals surface area (Å²) in [6, 6.07) is 8.87. The molecule has 152 valence electrons. The highest BCUT2D eigenvalue weighted by Crippen LogP contribution is 2.21. The second-order valence-corrected chi connectivity index (χ2v) is 7.54. The maximum atomic E-state index is 13.4. The molecule has 8 heteroatoms. The number of urea groups is 1. The summed E-state index contributed by atoms with van der Waals surface area (Å²) < 4.78 is 15.5. The van der Waals surface area contributed by atoms with Gasteiger partial charge in [-0.2, -0.15) is 4.39 Å². The molecule has 0 aromatic carbocycles. The van der Waals surface area contributed by atoms with Gasteiger partial charge in [0.2, 0.25) is 5.95 Å². The summed E-state index contributed by atoms with van der Waals surface area (Å²) in [6.07, 6.45) is 3.30. The summed E-state index contributed by atoms with van der Waals surface area (Å²) >= 11 is 0. The summed E-state index contributed by atoms with van der Waals surface area (Å²) in [4.78, 5) is 24.9. The smallest absolute Gasteiger partial charge is 0.318 e. The van der Waals surface area contributed by atoms with Gasteiger partial charge in [0.15, 0.2) is 0 Å². The van der Waals surface area contributed by atoms with Gasteiger partial charge in [0, 0.05) is 61.2 Å². The Labute approximate surface area is 169 Å². The summed E-state index contributed by atoms with van der Waals surface area (Å²) in [5.41, 5.74) is 3.68. The third-order valence-corrected chi connectivity index (χ3v) is 5.48. The second kappa shape index (κ2) is 7.69. The molecule has 0 radical (unpaired) electrons. The average molecular weight is 396 g/mol. The van der Waals surface area contributed by atoms with Crippen molar-refractivity contribution in [3.63, 3.8) is 0 Å². The highest BCUT2D eigenvalue weighted by Gasteiger charge is 2.29. The van der Waals surface area contributed by atoms with Crippen molar-refractivity contribution in [3.05, 3.63) is 60.1 Å². The van der Waals surface area contributed by atoms with E-state index in [1.807, 2.05) is 50.1 Å². The number of nitrogens with one attached hydrogen (secondary N) is 1. The van der Waals surface area contributed by atoms with E-state index < -0.39 is 5.95 Å². The van der Waals surface area contributed by atoms with Crippen LogP contribution in [0.4, 0.5) is 14.9 Å². The largest absolute Gasteiger partial charge is 0.368 e. The van der Waals surface area contributed by atoms with Crippen LogP contribution in [-0.4, -0.2) is 51.0 Å².